The van der Waals surface area contributed by atoms with Crippen LogP contribution in [0.5, 0.6) is 0 Å². The molecular weight excluding hydrogens is 194 g/mol. The van der Waals surface area contributed by atoms with Crippen LogP contribution in [0.3, 0.4) is 0 Å². The second-order valence-corrected chi connectivity index (χ2v) is 5.57. The quantitative estimate of drug-likeness (QED) is 0.819. The van der Waals surface area contributed by atoms with Crippen LogP contribution in [0.1, 0.15) is 55.6 Å². The molecule has 1 heteroatoms. The minimum absolute atomic E-state index is 0.444. The van der Waals surface area contributed by atoms with Gasteiger partial charge in [0.2, 0.25) is 0 Å². The van der Waals surface area contributed by atoms with E-state index >= 15 is 0 Å². The highest BCUT2D eigenvalue weighted by Gasteiger charge is 2.38. The molecule has 16 heavy (non-hydrogen) atoms. The predicted octanol–water partition coefficient (Wildman–Crippen LogP) is 3.33. The number of hydrogen-bond donors (Lipinski definition) is 1. The average Bonchev–Trinajstić information content (AvgIpc) is 3.07. The second-order valence-electron chi connectivity index (χ2n) is 5.57. The van der Waals surface area contributed by atoms with Gasteiger partial charge >= 0.3 is 0 Å². The van der Waals surface area contributed by atoms with E-state index in [-0.39, 0.29) is 0 Å². The normalized spacial score (nSPS) is 22.8. The fourth-order valence-corrected chi connectivity index (χ4v) is 3.10. The fraction of sp³-hybridized carbons (Fsp3) is 0.600. The first kappa shape index (κ1) is 10.3. The van der Waals surface area contributed by atoms with Gasteiger partial charge in [0.25, 0.3) is 0 Å². The molecule has 2 N–H and O–H groups in total. The number of nitrogens with two attached hydrogens (primary N) is 1. The number of benzene rings is 1. The van der Waals surface area contributed by atoms with Gasteiger partial charge in [-0.15, -0.1) is 0 Å². The Labute approximate surface area is 98.0 Å². The molecule has 2 aliphatic rings. The topological polar surface area (TPSA) is 26.0 Å². The van der Waals surface area contributed by atoms with Gasteiger partial charge in [0.15, 0.2) is 0 Å². The van der Waals surface area contributed by atoms with E-state index < -0.39 is 0 Å². The molecule has 1 aromatic rings. The van der Waals surface area contributed by atoms with E-state index in [1.165, 1.54) is 38.5 Å². The van der Waals surface area contributed by atoms with E-state index in [1.807, 2.05) is 0 Å². The Bertz CT molecular complexity index is 375. The van der Waals surface area contributed by atoms with E-state index in [0.717, 1.165) is 12.5 Å². The molecule has 0 radical (unpaired) electrons. The summed E-state index contributed by atoms with van der Waals surface area (Å²) in [5.74, 6) is 0.870. The molecule has 0 aliphatic heterocycles. The van der Waals surface area contributed by atoms with Crippen molar-refractivity contribution in [3.8, 4) is 0 Å². The van der Waals surface area contributed by atoms with Gasteiger partial charge in [0, 0.05) is 0 Å². The maximum atomic E-state index is 5.77. The van der Waals surface area contributed by atoms with Gasteiger partial charge in [0.1, 0.15) is 0 Å². The van der Waals surface area contributed by atoms with Crippen LogP contribution in [0.4, 0.5) is 0 Å². The van der Waals surface area contributed by atoms with Crippen molar-refractivity contribution in [3.05, 3.63) is 35.4 Å². The summed E-state index contributed by atoms with van der Waals surface area (Å²) >= 11 is 0. The summed E-state index contributed by atoms with van der Waals surface area (Å²) in [5.41, 5.74) is 9.35. The van der Waals surface area contributed by atoms with Crippen molar-refractivity contribution in [2.24, 2.45) is 5.73 Å². The molecule has 2 fully saturated rings. The zero-order valence-corrected chi connectivity index (χ0v) is 9.91. The summed E-state index contributed by atoms with van der Waals surface area (Å²) in [5, 5.41) is 0. The lowest BCUT2D eigenvalue weighted by atomic mass is 9.62. The van der Waals surface area contributed by atoms with Gasteiger partial charge in [-0.2, -0.15) is 0 Å². The molecule has 0 atom stereocenters. The molecule has 1 nitrogen and oxygen atoms in total. The lowest BCUT2D eigenvalue weighted by Gasteiger charge is -2.42. The first-order valence-corrected chi connectivity index (χ1v) is 6.65. The molecule has 2 aliphatic carbocycles. The maximum absolute atomic E-state index is 5.77. The highest BCUT2D eigenvalue weighted by atomic mass is 14.6. The van der Waals surface area contributed by atoms with Gasteiger partial charge in [0.05, 0.1) is 0 Å². The highest BCUT2D eigenvalue weighted by Crippen LogP contribution is 2.48. The summed E-state index contributed by atoms with van der Waals surface area (Å²) in [6.45, 7) is 0.827. The monoisotopic (exact) mass is 215 g/mol. The number of hydrogen-bond acceptors (Lipinski definition) is 1. The fourth-order valence-electron chi connectivity index (χ4n) is 3.10. The SMILES string of the molecule is NCCC1(c2cccc(C3CC3)c2)CCC1. The summed E-state index contributed by atoms with van der Waals surface area (Å²) in [4.78, 5) is 0. The Balaban J connectivity index is 1.88. The van der Waals surface area contributed by atoms with Crippen LogP contribution in [-0.2, 0) is 5.41 Å². The molecule has 0 amide bonds. The molecule has 0 spiro atoms. The van der Waals surface area contributed by atoms with Crippen molar-refractivity contribution < 1.29 is 0 Å². The van der Waals surface area contributed by atoms with Crippen molar-refractivity contribution in [1.82, 2.24) is 0 Å². The van der Waals surface area contributed by atoms with Gasteiger partial charge in [-0.1, -0.05) is 30.7 Å². The highest BCUT2D eigenvalue weighted by molar-refractivity contribution is 5.35. The zero-order valence-electron chi connectivity index (χ0n) is 9.91. The third kappa shape index (κ3) is 1.67. The Morgan fingerprint density at radius 3 is 2.62 bits per heavy atom. The van der Waals surface area contributed by atoms with Crippen molar-refractivity contribution >= 4 is 0 Å². The molecule has 3 rings (SSSR count). The maximum Gasteiger partial charge on any atom is -0.00349 e. The van der Waals surface area contributed by atoms with E-state index in [4.69, 9.17) is 5.73 Å². The van der Waals surface area contributed by atoms with Crippen molar-refractivity contribution in [2.75, 3.05) is 6.54 Å². The summed E-state index contributed by atoms with van der Waals surface area (Å²) in [7, 11) is 0. The molecule has 1 aromatic carbocycles. The second kappa shape index (κ2) is 3.89. The van der Waals surface area contributed by atoms with E-state index in [2.05, 4.69) is 24.3 Å². The van der Waals surface area contributed by atoms with Crippen molar-refractivity contribution in [3.63, 3.8) is 0 Å². The first-order chi connectivity index (χ1) is 7.84. The Kier molecular flexibility index (Phi) is 2.51. The zero-order chi connectivity index (χ0) is 11.0. The molecular formula is C15H21N. The molecule has 0 bridgehead atoms. The van der Waals surface area contributed by atoms with E-state index in [9.17, 15) is 0 Å². The summed E-state index contributed by atoms with van der Waals surface area (Å²) in [6.07, 6.45) is 8.03. The Morgan fingerprint density at radius 2 is 2.06 bits per heavy atom. The van der Waals surface area contributed by atoms with Crippen LogP contribution in [-0.4, -0.2) is 6.54 Å². The van der Waals surface area contributed by atoms with Gasteiger partial charge in [-0.3, -0.25) is 0 Å². The smallest absolute Gasteiger partial charge is 0.00349 e. The van der Waals surface area contributed by atoms with Gasteiger partial charge < -0.3 is 5.73 Å². The average molecular weight is 215 g/mol. The standard InChI is InChI=1S/C15H21N/c16-10-9-15(7-2-8-15)14-4-1-3-13(11-14)12-5-6-12/h1,3-4,11-12H,2,5-10,16H2. The minimum atomic E-state index is 0.444. The van der Waals surface area contributed by atoms with E-state index in [0.29, 0.717) is 5.41 Å². The van der Waals surface area contributed by atoms with E-state index in [1.54, 1.807) is 11.1 Å². The van der Waals surface area contributed by atoms with Crippen LogP contribution in [0.2, 0.25) is 0 Å². The van der Waals surface area contributed by atoms with Crippen LogP contribution in [0.25, 0.3) is 0 Å². The lowest BCUT2D eigenvalue weighted by molar-refractivity contribution is 0.229. The summed E-state index contributed by atoms with van der Waals surface area (Å²) < 4.78 is 0. The molecule has 2 saturated carbocycles. The van der Waals surface area contributed by atoms with Crippen molar-refractivity contribution in [2.45, 2.75) is 49.9 Å². The van der Waals surface area contributed by atoms with Gasteiger partial charge in [-0.05, 0) is 61.1 Å². The third-order valence-electron chi connectivity index (χ3n) is 4.48. The van der Waals surface area contributed by atoms with Crippen LogP contribution in [0, 0.1) is 0 Å². The molecule has 0 saturated heterocycles. The molecule has 0 heterocycles. The first-order valence-electron chi connectivity index (χ1n) is 6.65. The van der Waals surface area contributed by atoms with Crippen LogP contribution >= 0.6 is 0 Å². The molecule has 0 unspecified atom stereocenters. The Morgan fingerprint density at radius 1 is 1.25 bits per heavy atom. The largest absolute Gasteiger partial charge is 0.330 e. The lowest BCUT2D eigenvalue weighted by Crippen LogP contribution is -2.36. The minimum Gasteiger partial charge on any atom is -0.330 e. The third-order valence-corrected chi connectivity index (χ3v) is 4.48. The molecule has 0 aromatic heterocycles. The Hall–Kier alpha value is -0.820. The molecule has 86 valence electrons. The van der Waals surface area contributed by atoms with Gasteiger partial charge in [-0.25, -0.2) is 0 Å². The van der Waals surface area contributed by atoms with Crippen LogP contribution in [0.15, 0.2) is 24.3 Å². The van der Waals surface area contributed by atoms with Crippen LogP contribution < -0.4 is 5.73 Å². The predicted molar refractivity (Wildman–Crippen MR) is 67.6 cm³/mol. The summed E-state index contributed by atoms with van der Waals surface area (Å²) in [6, 6.07) is 9.34. The number of rotatable bonds is 4. The van der Waals surface area contributed by atoms with Crippen molar-refractivity contribution in [1.29, 1.82) is 0 Å².